The lowest BCUT2D eigenvalue weighted by molar-refractivity contribution is -0.142. The molecule has 0 fully saturated rings. The fraction of sp³-hybridized carbons (Fsp3) is 0.250. The van der Waals surface area contributed by atoms with Gasteiger partial charge in [0.25, 0.3) is 5.69 Å². The van der Waals surface area contributed by atoms with Gasteiger partial charge in [0.1, 0.15) is 21.3 Å². The number of ether oxygens (including phenoxy) is 2. The number of anilines is 1. The monoisotopic (exact) mass is 469 g/mol. The highest BCUT2D eigenvalue weighted by Crippen LogP contribution is 2.44. The minimum absolute atomic E-state index is 0.0634. The quantitative estimate of drug-likeness (QED) is 0.253. The lowest BCUT2D eigenvalue weighted by atomic mass is 10.1. The van der Waals surface area contributed by atoms with Gasteiger partial charge in [0.15, 0.2) is 0 Å². The average molecular weight is 470 g/mol. The summed E-state index contributed by atoms with van der Waals surface area (Å²) in [6, 6.07) is 17.0. The lowest BCUT2D eigenvalue weighted by Crippen LogP contribution is -2.18. The summed E-state index contributed by atoms with van der Waals surface area (Å²) < 4.78 is 16.5. The maximum absolute atomic E-state index is 13.4. The predicted molar refractivity (Wildman–Crippen MR) is 129 cm³/mol. The van der Waals surface area contributed by atoms with Crippen molar-refractivity contribution in [3.05, 3.63) is 81.6 Å². The molecule has 33 heavy (non-hydrogen) atoms. The molecule has 1 atom stereocenters. The highest BCUT2D eigenvalue weighted by atomic mass is 32.2. The molecular formula is C24H25N2O6S+. The van der Waals surface area contributed by atoms with Gasteiger partial charge in [-0.05, 0) is 31.2 Å². The van der Waals surface area contributed by atoms with E-state index in [9.17, 15) is 14.5 Å². The highest BCUT2D eigenvalue weighted by Gasteiger charge is 2.39. The highest BCUT2D eigenvalue weighted by molar-refractivity contribution is 8.00. The van der Waals surface area contributed by atoms with Gasteiger partial charge in [-0.15, -0.1) is 11.8 Å². The van der Waals surface area contributed by atoms with Gasteiger partial charge in [0.05, 0.1) is 19.8 Å². The summed E-state index contributed by atoms with van der Waals surface area (Å²) in [4.78, 5) is 41.2. The first kappa shape index (κ1) is 24.1. The Morgan fingerprint density at radius 1 is 1.12 bits per heavy atom. The maximum Gasteiger partial charge on any atom is 0.439 e. The Bertz CT molecular complexity index is 1180. The zero-order valence-corrected chi connectivity index (χ0v) is 19.6. The van der Waals surface area contributed by atoms with Crippen LogP contribution in [-0.2, 0) is 9.53 Å². The Morgan fingerprint density at radius 3 is 2.36 bits per heavy atom. The number of nitrogens with zero attached hydrogens (tertiary/aromatic N) is 2. The van der Waals surface area contributed by atoms with Gasteiger partial charge in [0.2, 0.25) is 0 Å². The molecule has 0 saturated carbocycles. The van der Waals surface area contributed by atoms with Crippen LogP contribution in [0, 0.1) is 4.91 Å². The summed E-state index contributed by atoms with van der Waals surface area (Å²) in [6.07, 6.45) is 0. The third kappa shape index (κ3) is 5.61. The summed E-state index contributed by atoms with van der Waals surface area (Å²) in [5.74, 6) is -0.858. The summed E-state index contributed by atoms with van der Waals surface area (Å²) in [6.45, 7) is 1.84. The minimum Gasteiger partial charge on any atom is -0.496 e. The number of carbonyl (C=O) groups is 1. The normalized spacial score (nSPS) is 11.5. The molecule has 0 radical (unpaired) electrons. The van der Waals surface area contributed by atoms with E-state index >= 15 is 0 Å². The minimum atomic E-state index is -1.01. The Balaban J connectivity index is 2.16. The molecule has 0 aliphatic rings. The van der Waals surface area contributed by atoms with Crippen LogP contribution in [0.2, 0.25) is 0 Å². The summed E-state index contributed by atoms with van der Waals surface area (Å²) in [5, 5.41) is -1.01. The van der Waals surface area contributed by atoms with Gasteiger partial charge >= 0.3 is 17.5 Å². The molecule has 1 unspecified atom stereocenters. The van der Waals surface area contributed by atoms with E-state index in [1.807, 2.05) is 49.3 Å². The van der Waals surface area contributed by atoms with E-state index in [0.29, 0.717) is 4.76 Å². The second-order valence-corrected chi connectivity index (χ2v) is 8.30. The van der Waals surface area contributed by atoms with Crippen LogP contribution in [-0.4, -0.2) is 33.8 Å². The van der Waals surface area contributed by atoms with Crippen LogP contribution in [0.15, 0.2) is 74.8 Å². The molecule has 8 nitrogen and oxygen atoms in total. The molecule has 0 bridgehead atoms. The first-order chi connectivity index (χ1) is 15.8. The molecule has 0 aliphatic heterocycles. The van der Waals surface area contributed by atoms with E-state index in [0.717, 1.165) is 16.6 Å². The molecule has 1 aromatic heterocycles. The molecule has 0 spiro atoms. The Labute approximate surface area is 195 Å². The largest absolute Gasteiger partial charge is 0.496 e. The second-order valence-electron chi connectivity index (χ2n) is 7.12. The molecule has 3 rings (SSSR count). The van der Waals surface area contributed by atoms with Crippen LogP contribution in [0.3, 0.4) is 0 Å². The second kappa shape index (κ2) is 10.8. The third-order valence-corrected chi connectivity index (χ3v) is 5.92. The molecule has 0 aliphatic carbocycles. The molecule has 0 amide bonds. The van der Waals surface area contributed by atoms with Crippen molar-refractivity contribution in [2.24, 2.45) is 0 Å². The Morgan fingerprint density at radius 2 is 1.79 bits per heavy atom. The maximum atomic E-state index is 13.4. The van der Waals surface area contributed by atoms with Crippen molar-refractivity contribution in [2.45, 2.75) is 17.1 Å². The van der Waals surface area contributed by atoms with Crippen molar-refractivity contribution in [1.29, 1.82) is 0 Å². The Kier molecular flexibility index (Phi) is 7.89. The zero-order chi connectivity index (χ0) is 24.0. The van der Waals surface area contributed by atoms with Gasteiger partial charge < -0.3 is 18.8 Å². The number of esters is 1. The number of hydrogen-bond donors (Lipinski definition) is 0. The fourth-order valence-corrected chi connectivity index (χ4v) is 4.20. The van der Waals surface area contributed by atoms with Gasteiger partial charge in [-0.3, -0.25) is 4.79 Å². The number of benzene rings is 2. The molecule has 2 aromatic carbocycles. The average Bonchev–Trinajstić information content (AvgIpc) is 2.82. The van der Waals surface area contributed by atoms with Crippen LogP contribution in [0.5, 0.6) is 5.75 Å². The van der Waals surface area contributed by atoms with Crippen molar-refractivity contribution >= 4 is 35.0 Å². The number of rotatable bonds is 9. The van der Waals surface area contributed by atoms with Crippen molar-refractivity contribution in [3.63, 3.8) is 0 Å². The van der Waals surface area contributed by atoms with Crippen molar-refractivity contribution in [3.8, 4) is 5.75 Å². The molecular weight excluding hydrogens is 444 g/mol. The van der Waals surface area contributed by atoms with Gasteiger partial charge in [-0.2, -0.15) is 0 Å². The first-order valence-electron chi connectivity index (χ1n) is 10.2. The van der Waals surface area contributed by atoms with Crippen molar-refractivity contribution < 1.29 is 18.7 Å². The molecule has 9 heteroatoms. The van der Waals surface area contributed by atoms with E-state index in [1.165, 1.54) is 18.9 Å². The van der Waals surface area contributed by atoms with E-state index < -0.39 is 16.8 Å². The topological polar surface area (TPSA) is 89.1 Å². The number of nitroso groups, excluding NO2 is 1. The molecule has 0 N–H and O–H groups in total. The summed E-state index contributed by atoms with van der Waals surface area (Å²) in [7, 11) is 5.13. The molecule has 0 saturated heterocycles. The fourth-order valence-electron chi connectivity index (χ4n) is 3.11. The number of thioether (sulfide) groups is 1. The predicted octanol–water partition coefficient (Wildman–Crippen LogP) is 4.71. The summed E-state index contributed by atoms with van der Waals surface area (Å²) >= 11 is 1.17. The zero-order valence-electron chi connectivity index (χ0n) is 18.8. The van der Waals surface area contributed by atoms with E-state index in [-0.39, 0.29) is 29.5 Å². The van der Waals surface area contributed by atoms with Crippen LogP contribution >= 0.6 is 11.8 Å². The van der Waals surface area contributed by atoms with Gasteiger partial charge in [-0.1, -0.05) is 18.2 Å². The summed E-state index contributed by atoms with van der Waals surface area (Å²) in [5.41, 5.74) is 0.467. The number of methoxy groups -OCH3 is 1. The first-order valence-corrected chi connectivity index (χ1v) is 11.1. The third-order valence-electron chi connectivity index (χ3n) is 4.71. The standard InChI is InChI=1S/C24H25N2O6S/c1-5-31-24(28)22(33-18-9-7-6-8-10-18)21-19(30-4)15-20(27)32-23(21)26(29)17-13-11-16(12-14-17)25(2)3/h6-15,22H,5H2,1-4H3/q+1. The van der Waals surface area contributed by atoms with E-state index in [1.54, 1.807) is 31.2 Å². The van der Waals surface area contributed by atoms with Gasteiger partial charge in [-0.25, -0.2) is 4.79 Å². The van der Waals surface area contributed by atoms with Crippen molar-refractivity contribution in [1.82, 2.24) is 4.76 Å². The van der Waals surface area contributed by atoms with E-state index in [2.05, 4.69) is 0 Å². The molecule has 3 aromatic rings. The SMILES string of the molecule is CCOC(=O)C(Sc1ccccc1)c1c(OC)cc(=O)oc1[N+](=O)c1ccc(N(C)C)cc1. The Hall–Kier alpha value is -3.59. The smallest absolute Gasteiger partial charge is 0.439 e. The van der Waals surface area contributed by atoms with Crippen LogP contribution < -0.4 is 20.0 Å². The van der Waals surface area contributed by atoms with E-state index in [4.69, 9.17) is 13.9 Å². The lowest BCUT2D eigenvalue weighted by Gasteiger charge is -2.17. The van der Waals surface area contributed by atoms with Crippen molar-refractivity contribution in [2.75, 3.05) is 32.7 Å². The molecule has 1 heterocycles. The van der Waals surface area contributed by atoms with Crippen LogP contribution in [0.4, 0.5) is 17.3 Å². The van der Waals surface area contributed by atoms with Crippen LogP contribution in [0.1, 0.15) is 17.7 Å². The van der Waals surface area contributed by atoms with Gasteiger partial charge in [0, 0.05) is 41.7 Å². The van der Waals surface area contributed by atoms with Crippen LogP contribution in [0.25, 0.3) is 0 Å². The number of hydrogen-bond acceptors (Lipinski definition) is 8. The number of carbonyl (C=O) groups excluding carboxylic acids is 1. The molecule has 172 valence electrons.